The third-order valence-electron chi connectivity index (χ3n) is 2.47. The number of rotatable bonds is 5. The van der Waals surface area contributed by atoms with Gasteiger partial charge < -0.3 is 19.7 Å². The first kappa shape index (κ1) is 21.8. The maximum absolute atomic E-state index is 11.6. The summed E-state index contributed by atoms with van der Waals surface area (Å²) in [5.41, 5.74) is 0.557. The fourth-order valence-corrected chi connectivity index (χ4v) is 1.43. The lowest BCUT2D eigenvalue weighted by molar-refractivity contribution is 0.0734. The Kier molecular flexibility index (Phi) is 14.2. The van der Waals surface area contributed by atoms with Gasteiger partial charge in [-0.3, -0.25) is 0 Å². The highest BCUT2D eigenvalue weighted by Gasteiger charge is 2.06. The van der Waals surface area contributed by atoms with Crippen molar-refractivity contribution in [1.82, 2.24) is 0 Å². The summed E-state index contributed by atoms with van der Waals surface area (Å²) in [7, 11) is 0. The largest absolute Gasteiger partial charge is 0.423 e. The Bertz CT molecular complexity index is 510. The molecule has 2 aromatic rings. The van der Waals surface area contributed by atoms with Crippen LogP contribution in [-0.2, 0) is 4.74 Å². The lowest BCUT2D eigenvalue weighted by Gasteiger charge is -2.02. The van der Waals surface area contributed by atoms with Crippen LogP contribution in [-0.4, -0.2) is 42.6 Å². The Hall–Kier alpha value is -2.21. The lowest BCUT2D eigenvalue weighted by Crippen LogP contribution is -2.07. The molecule has 0 bridgehead atoms. The lowest BCUT2D eigenvalue weighted by atomic mass is 10.2. The van der Waals surface area contributed by atoms with Crippen molar-refractivity contribution < 1.29 is 24.5 Å². The molecule has 0 fully saturated rings. The first-order chi connectivity index (χ1) is 11.7. The van der Waals surface area contributed by atoms with E-state index in [1.165, 1.54) is 0 Å². The molecule has 0 heterocycles. The molecule has 0 radical (unpaired) electrons. The van der Waals surface area contributed by atoms with Crippen LogP contribution < -0.4 is 4.74 Å². The summed E-state index contributed by atoms with van der Waals surface area (Å²) in [4.78, 5) is 11.6. The van der Waals surface area contributed by atoms with Crippen LogP contribution in [0.1, 0.15) is 24.2 Å². The summed E-state index contributed by atoms with van der Waals surface area (Å²) in [5.74, 6) is 0.230. The van der Waals surface area contributed by atoms with Crippen molar-refractivity contribution in [3.8, 4) is 5.75 Å². The van der Waals surface area contributed by atoms with Gasteiger partial charge in [-0.2, -0.15) is 0 Å². The van der Waals surface area contributed by atoms with Gasteiger partial charge in [-0.15, -0.1) is 0 Å². The van der Waals surface area contributed by atoms with Gasteiger partial charge >= 0.3 is 5.97 Å². The summed E-state index contributed by atoms with van der Waals surface area (Å²) >= 11 is 0. The molecule has 0 amide bonds. The molecule has 0 saturated heterocycles. The number of aliphatic hydroxyl groups is 2. The van der Waals surface area contributed by atoms with Crippen LogP contribution >= 0.6 is 0 Å². The summed E-state index contributed by atoms with van der Waals surface area (Å²) in [6.07, 6.45) is 0. The van der Waals surface area contributed by atoms with Gasteiger partial charge in [0.25, 0.3) is 0 Å². The molecule has 0 saturated carbocycles. The second-order valence-corrected chi connectivity index (χ2v) is 4.30. The Morgan fingerprint density at radius 1 is 0.833 bits per heavy atom. The van der Waals surface area contributed by atoms with E-state index >= 15 is 0 Å². The molecule has 2 rings (SSSR count). The number of hydrogen-bond acceptors (Lipinski definition) is 5. The quantitative estimate of drug-likeness (QED) is 0.649. The van der Waals surface area contributed by atoms with Gasteiger partial charge in [0.05, 0.1) is 18.8 Å². The number of ether oxygens (including phenoxy) is 2. The molecule has 0 aliphatic carbocycles. The predicted octanol–water partition coefficient (Wildman–Crippen LogP) is 2.92. The molecule has 5 nitrogen and oxygen atoms in total. The molecule has 0 unspecified atom stereocenters. The van der Waals surface area contributed by atoms with Crippen LogP contribution in [0.3, 0.4) is 0 Å². The minimum Gasteiger partial charge on any atom is -0.423 e. The van der Waals surface area contributed by atoms with Gasteiger partial charge in [0, 0.05) is 13.2 Å². The van der Waals surface area contributed by atoms with E-state index in [4.69, 9.17) is 19.7 Å². The highest BCUT2D eigenvalue weighted by atomic mass is 16.5. The molecule has 0 atom stereocenters. The van der Waals surface area contributed by atoms with Crippen LogP contribution in [0.25, 0.3) is 0 Å². The molecule has 0 spiro atoms. The monoisotopic (exact) mass is 334 g/mol. The molecule has 0 aliphatic rings. The van der Waals surface area contributed by atoms with Gasteiger partial charge in [-0.05, 0) is 38.1 Å². The van der Waals surface area contributed by atoms with Gasteiger partial charge in [0.2, 0.25) is 0 Å². The zero-order chi connectivity index (χ0) is 18.0. The van der Waals surface area contributed by atoms with Gasteiger partial charge in [0.1, 0.15) is 5.75 Å². The Morgan fingerprint density at radius 2 is 1.29 bits per heavy atom. The molecular formula is C19H26O5. The number of esters is 1. The van der Waals surface area contributed by atoms with E-state index in [1.54, 1.807) is 24.3 Å². The van der Waals surface area contributed by atoms with Crippen molar-refractivity contribution in [2.24, 2.45) is 0 Å². The smallest absolute Gasteiger partial charge is 0.343 e. The van der Waals surface area contributed by atoms with Crippen molar-refractivity contribution in [2.45, 2.75) is 13.8 Å². The number of carbonyl (C=O) groups excluding carboxylic acids is 1. The van der Waals surface area contributed by atoms with Gasteiger partial charge in [-0.1, -0.05) is 36.4 Å². The highest BCUT2D eigenvalue weighted by Crippen LogP contribution is 2.11. The van der Waals surface area contributed by atoms with Crippen LogP contribution in [0, 0.1) is 0 Å². The van der Waals surface area contributed by atoms with Crippen molar-refractivity contribution >= 4 is 5.97 Å². The summed E-state index contributed by atoms with van der Waals surface area (Å²) in [6.45, 7) is 5.42. The van der Waals surface area contributed by atoms with Gasteiger partial charge in [0.15, 0.2) is 0 Å². The van der Waals surface area contributed by atoms with Crippen molar-refractivity contribution in [1.29, 1.82) is 0 Å². The third-order valence-corrected chi connectivity index (χ3v) is 2.47. The topological polar surface area (TPSA) is 76.0 Å². The SMILES string of the molecule is CCOCC.O=C(Oc1ccccc1)c1ccccc1.OCCO. The average molecular weight is 334 g/mol. The predicted molar refractivity (Wildman–Crippen MR) is 94.2 cm³/mol. The zero-order valence-corrected chi connectivity index (χ0v) is 14.2. The summed E-state index contributed by atoms with van der Waals surface area (Å²) < 4.78 is 9.99. The third kappa shape index (κ3) is 11.4. The van der Waals surface area contributed by atoms with Crippen molar-refractivity contribution in [2.75, 3.05) is 26.4 Å². The number of benzene rings is 2. The van der Waals surface area contributed by atoms with Crippen LogP contribution in [0.4, 0.5) is 0 Å². The molecular weight excluding hydrogens is 308 g/mol. The Labute approximate surface area is 143 Å². The van der Waals surface area contributed by atoms with Crippen LogP contribution in [0.15, 0.2) is 60.7 Å². The van der Waals surface area contributed by atoms with E-state index in [9.17, 15) is 4.79 Å². The zero-order valence-electron chi connectivity index (χ0n) is 14.2. The van der Waals surface area contributed by atoms with E-state index in [1.807, 2.05) is 50.2 Å². The first-order valence-corrected chi connectivity index (χ1v) is 7.81. The molecule has 0 aliphatic heterocycles. The fourth-order valence-electron chi connectivity index (χ4n) is 1.43. The molecule has 2 N–H and O–H groups in total. The summed E-state index contributed by atoms with van der Waals surface area (Å²) in [5, 5.41) is 15.2. The number of para-hydroxylation sites is 1. The Balaban J connectivity index is 0.000000492. The highest BCUT2D eigenvalue weighted by molar-refractivity contribution is 5.90. The molecule has 5 heteroatoms. The number of hydrogen-bond donors (Lipinski definition) is 2. The van der Waals surface area contributed by atoms with Crippen molar-refractivity contribution in [3.05, 3.63) is 66.2 Å². The Morgan fingerprint density at radius 3 is 1.67 bits per heavy atom. The molecule has 132 valence electrons. The van der Waals surface area contributed by atoms with Crippen molar-refractivity contribution in [3.63, 3.8) is 0 Å². The van der Waals surface area contributed by atoms with E-state index in [2.05, 4.69) is 0 Å². The average Bonchev–Trinajstić information content (AvgIpc) is 2.65. The summed E-state index contributed by atoms with van der Waals surface area (Å²) in [6, 6.07) is 18.0. The van der Waals surface area contributed by atoms with E-state index in [0.29, 0.717) is 11.3 Å². The second kappa shape index (κ2) is 15.7. The van der Waals surface area contributed by atoms with E-state index in [0.717, 1.165) is 13.2 Å². The first-order valence-electron chi connectivity index (χ1n) is 7.81. The molecule has 24 heavy (non-hydrogen) atoms. The number of aliphatic hydroxyl groups excluding tert-OH is 2. The maximum atomic E-state index is 11.6. The molecule has 2 aromatic carbocycles. The fraction of sp³-hybridized carbons (Fsp3) is 0.316. The number of carbonyl (C=O) groups is 1. The minimum absolute atomic E-state index is 0.125. The molecule has 0 aromatic heterocycles. The van der Waals surface area contributed by atoms with E-state index < -0.39 is 0 Å². The second-order valence-electron chi connectivity index (χ2n) is 4.30. The van der Waals surface area contributed by atoms with Crippen LogP contribution in [0.2, 0.25) is 0 Å². The van der Waals surface area contributed by atoms with Crippen LogP contribution in [0.5, 0.6) is 5.75 Å². The normalized spacial score (nSPS) is 9.00. The standard InChI is InChI=1S/C13H10O2.C4H10O.C2H6O2/c14-13(11-7-3-1-4-8-11)15-12-9-5-2-6-10-12;1-3-5-4-2;3-1-2-4/h1-10H;3-4H2,1-2H3;3-4H,1-2H2. The van der Waals surface area contributed by atoms with Gasteiger partial charge in [-0.25, -0.2) is 4.79 Å². The van der Waals surface area contributed by atoms with E-state index in [-0.39, 0.29) is 19.2 Å². The maximum Gasteiger partial charge on any atom is 0.343 e. The minimum atomic E-state index is -0.332.